The maximum atomic E-state index is 11.4. The van der Waals surface area contributed by atoms with E-state index in [0.717, 1.165) is 35.2 Å². The molecule has 136 valence electrons. The lowest BCUT2D eigenvalue weighted by Gasteiger charge is -2.30. The number of anilines is 1. The maximum Gasteiger partial charge on any atom is 0.225 e. The van der Waals surface area contributed by atoms with Crippen LogP contribution < -0.4 is 10.6 Å². The van der Waals surface area contributed by atoms with E-state index < -0.39 is 0 Å². The molecule has 3 aromatic rings. The SMILES string of the molecule is NC(=O)C1CCN(c2ncc(-c3ccncc3)c(-c3cccnc3)n2)CC1. The topological polar surface area (TPSA) is 97.9 Å². The van der Waals surface area contributed by atoms with Crippen LogP contribution in [0, 0.1) is 5.92 Å². The van der Waals surface area contributed by atoms with E-state index >= 15 is 0 Å². The molecule has 0 unspecified atom stereocenters. The van der Waals surface area contributed by atoms with Crippen LogP contribution in [-0.4, -0.2) is 38.9 Å². The van der Waals surface area contributed by atoms with E-state index in [-0.39, 0.29) is 11.8 Å². The molecule has 3 aromatic heterocycles. The zero-order valence-corrected chi connectivity index (χ0v) is 14.8. The van der Waals surface area contributed by atoms with Gasteiger partial charge in [-0.05, 0) is 42.7 Å². The van der Waals surface area contributed by atoms with Gasteiger partial charge in [0.15, 0.2) is 0 Å². The van der Waals surface area contributed by atoms with Crippen molar-refractivity contribution < 1.29 is 4.79 Å². The highest BCUT2D eigenvalue weighted by Gasteiger charge is 2.25. The monoisotopic (exact) mass is 360 g/mol. The Bertz CT molecular complexity index is 924. The van der Waals surface area contributed by atoms with E-state index in [9.17, 15) is 4.79 Å². The molecule has 27 heavy (non-hydrogen) atoms. The van der Waals surface area contributed by atoms with Gasteiger partial charge in [-0.15, -0.1) is 0 Å². The number of nitrogens with two attached hydrogens (primary N) is 1. The molecule has 1 aliphatic rings. The van der Waals surface area contributed by atoms with Gasteiger partial charge in [-0.3, -0.25) is 14.8 Å². The Morgan fingerprint density at radius 1 is 1.00 bits per heavy atom. The molecule has 0 radical (unpaired) electrons. The zero-order valence-electron chi connectivity index (χ0n) is 14.8. The minimum absolute atomic E-state index is 0.0601. The predicted molar refractivity (Wildman–Crippen MR) is 103 cm³/mol. The molecule has 2 N–H and O–H groups in total. The van der Waals surface area contributed by atoms with Crippen LogP contribution in [0.4, 0.5) is 5.95 Å². The molecule has 4 rings (SSSR count). The number of aromatic nitrogens is 4. The van der Waals surface area contributed by atoms with E-state index in [0.29, 0.717) is 19.0 Å². The van der Waals surface area contributed by atoms with Crippen LogP contribution in [0.3, 0.4) is 0 Å². The Balaban J connectivity index is 1.71. The van der Waals surface area contributed by atoms with Crippen LogP contribution in [-0.2, 0) is 4.79 Å². The maximum absolute atomic E-state index is 11.4. The van der Waals surface area contributed by atoms with Crippen molar-refractivity contribution in [2.45, 2.75) is 12.8 Å². The van der Waals surface area contributed by atoms with Crippen molar-refractivity contribution in [3.63, 3.8) is 0 Å². The number of pyridine rings is 2. The molecule has 4 heterocycles. The van der Waals surface area contributed by atoms with Gasteiger partial charge in [0.25, 0.3) is 0 Å². The van der Waals surface area contributed by atoms with Crippen LogP contribution in [0.15, 0.2) is 55.2 Å². The van der Waals surface area contributed by atoms with Gasteiger partial charge in [0.2, 0.25) is 11.9 Å². The number of rotatable bonds is 4. The number of hydrogen-bond acceptors (Lipinski definition) is 6. The lowest BCUT2D eigenvalue weighted by molar-refractivity contribution is -0.122. The molecule has 0 bridgehead atoms. The van der Waals surface area contributed by atoms with Crippen LogP contribution in [0.1, 0.15) is 12.8 Å². The van der Waals surface area contributed by atoms with E-state index in [1.807, 2.05) is 30.5 Å². The van der Waals surface area contributed by atoms with Crippen molar-refractivity contribution in [1.82, 2.24) is 19.9 Å². The minimum Gasteiger partial charge on any atom is -0.369 e. The number of hydrogen-bond donors (Lipinski definition) is 1. The largest absolute Gasteiger partial charge is 0.369 e. The van der Waals surface area contributed by atoms with E-state index in [1.165, 1.54) is 0 Å². The number of carbonyl (C=O) groups excluding carboxylic acids is 1. The average molecular weight is 360 g/mol. The summed E-state index contributed by atoms with van der Waals surface area (Å²) in [4.78, 5) is 31.3. The molecule has 1 saturated heterocycles. The van der Waals surface area contributed by atoms with E-state index in [1.54, 1.807) is 24.8 Å². The van der Waals surface area contributed by atoms with Crippen LogP contribution in [0.2, 0.25) is 0 Å². The third-order valence-corrected chi connectivity index (χ3v) is 4.88. The zero-order chi connectivity index (χ0) is 18.6. The van der Waals surface area contributed by atoms with Crippen molar-refractivity contribution in [3.05, 3.63) is 55.2 Å². The van der Waals surface area contributed by atoms with Gasteiger partial charge >= 0.3 is 0 Å². The highest BCUT2D eigenvalue weighted by molar-refractivity contribution is 5.80. The minimum atomic E-state index is -0.223. The highest BCUT2D eigenvalue weighted by Crippen LogP contribution is 2.31. The van der Waals surface area contributed by atoms with Crippen molar-refractivity contribution >= 4 is 11.9 Å². The number of carbonyl (C=O) groups is 1. The molecule has 0 aromatic carbocycles. The quantitative estimate of drug-likeness (QED) is 0.767. The van der Waals surface area contributed by atoms with Gasteiger partial charge in [0, 0.05) is 61.1 Å². The fourth-order valence-electron chi connectivity index (χ4n) is 3.35. The van der Waals surface area contributed by atoms with E-state index in [2.05, 4.69) is 19.9 Å². The molecule has 0 aliphatic carbocycles. The van der Waals surface area contributed by atoms with Gasteiger partial charge in [0.1, 0.15) is 0 Å². The molecule has 7 heteroatoms. The Morgan fingerprint density at radius 2 is 1.78 bits per heavy atom. The molecular formula is C20H20N6O. The molecule has 0 saturated carbocycles. The summed E-state index contributed by atoms with van der Waals surface area (Å²) < 4.78 is 0. The summed E-state index contributed by atoms with van der Waals surface area (Å²) >= 11 is 0. The third-order valence-electron chi connectivity index (χ3n) is 4.88. The Kier molecular flexibility index (Phi) is 4.74. The first-order valence-electron chi connectivity index (χ1n) is 8.94. The lowest BCUT2D eigenvalue weighted by Crippen LogP contribution is -2.39. The van der Waals surface area contributed by atoms with Crippen LogP contribution in [0.25, 0.3) is 22.4 Å². The molecular weight excluding hydrogens is 340 g/mol. The molecule has 0 spiro atoms. The first-order valence-corrected chi connectivity index (χ1v) is 8.94. The van der Waals surface area contributed by atoms with Crippen LogP contribution >= 0.6 is 0 Å². The summed E-state index contributed by atoms with van der Waals surface area (Å²) in [5, 5.41) is 0. The number of nitrogens with zero attached hydrogens (tertiary/aromatic N) is 5. The standard InChI is InChI=1S/C20H20N6O/c21-19(27)15-5-10-26(11-6-15)20-24-13-17(14-3-8-22-9-4-14)18(25-20)16-2-1-7-23-12-16/h1-4,7-9,12-13,15H,5-6,10-11H2,(H2,21,27). The first kappa shape index (κ1) is 17.1. The molecule has 1 aliphatic heterocycles. The fourth-order valence-corrected chi connectivity index (χ4v) is 3.35. The van der Waals surface area contributed by atoms with Gasteiger partial charge in [-0.1, -0.05) is 0 Å². The molecule has 1 amide bonds. The van der Waals surface area contributed by atoms with Crippen molar-refractivity contribution in [3.8, 4) is 22.4 Å². The summed E-state index contributed by atoms with van der Waals surface area (Å²) in [6.45, 7) is 1.43. The summed E-state index contributed by atoms with van der Waals surface area (Å²) in [5.41, 5.74) is 9.13. The highest BCUT2D eigenvalue weighted by atomic mass is 16.1. The molecule has 7 nitrogen and oxygen atoms in total. The van der Waals surface area contributed by atoms with Crippen LogP contribution in [0.5, 0.6) is 0 Å². The second-order valence-electron chi connectivity index (χ2n) is 6.57. The number of piperidine rings is 1. The summed E-state index contributed by atoms with van der Waals surface area (Å²) in [6.07, 6.45) is 10.4. The van der Waals surface area contributed by atoms with Gasteiger partial charge < -0.3 is 10.6 Å². The number of primary amides is 1. The predicted octanol–water partition coefficient (Wildman–Crippen LogP) is 2.30. The lowest BCUT2D eigenvalue weighted by atomic mass is 9.96. The van der Waals surface area contributed by atoms with Gasteiger partial charge in [-0.2, -0.15) is 0 Å². The second-order valence-corrected chi connectivity index (χ2v) is 6.57. The van der Waals surface area contributed by atoms with Gasteiger partial charge in [-0.25, -0.2) is 9.97 Å². The second kappa shape index (κ2) is 7.49. The average Bonchev–Trinajstić information content (AvgIpc) is 2.74. The summed E-state index contributed by atoms with van der Waals surface area (Å²) in [6, 6.07) is 7.77. The Labute approximate surface area is 157 Å². The summed E-state index contributed by atoms with van der Waals surface area (Å²) in [5.74, 6) is 0.379. The number of amides is 1. The first-order chi connectivity index (χ1) is 13.2. The smallest absolute Gasteiger partial charge is 0.225 e. The normalized spacial score (nSPS) is 14.9. The molecule has 1 fully saturated rings. The van der Waals surface area contributed by atoms with Crippen molar-refractivity contribution in [1.29, 1.82) is 0 Å². The fraction of sp³-hybridized carbons (Fsp3) is 0.250. The summed E-state index contributed by atoms with van der Waals surface area (Å²) in [7, 11) is 0. The van der Waals surface area contributed by atoms with E-state index in [4.69, 9.17) is 10.7 Å². The Hall–Kier alpha value is -3.35. The third kappa shape index (κ3) is 3.62. The van der Waals surface area contributed by atoms with Gasteiger partial charge in [0.05, 0.1) is 5.69 Å². The van der Waals surface area contributed by atoms with Crippen molar-refractivity contribution in [2.75, 3.05) is 18.0 Å². The Morgan fingerprint density at radius 3 is 2.44 bits per heavy atom. The van der Waals surface area contributed by atoms with Crippen molar-refractivity contribution in [2.24, 2.45) is 11.7 Å². The molecule has 0 atom stereocenters.